The summed E-state index contributed by atoms with van der Waals surface area (Å²) in [5.74, 6) is -0.906. The molecular weight excluding hydrogens is 246 g/mol. The van der Waals surface area contributed by atoms with Crippen molar-refractivity contribution in [1.29, 1.82) is 0 Å². The maximum Gasteiger partial charge on any atom is 0.348 e. The number of carboxylic acid groups (broad SMARTS) is 1. The molecule has 0 aliphatic carbocycles. The van der Waals surface area contributed by atoms with Crippen LogP contribution >= 0.6 is 11.3 Å². The standard InChI is InChI=1S/C12H11NO2S.C2H6/c1-2-9-13-10(11(16-9)12(14)15)8-6-4-3-5-7-8;1-2/h3-7H,2H2,1H3,(H,14,15);1-2H3. The first-order chi connectivity index (χ1) is 8.72. The quantitative estimate of drug-likeness (QED) is 0.907. The van der Waals surface area contributed by atoms with Crippen LogP contribution in [0.25, 0.3) is 11.3 Å². The van der Waals surface area contributed by atoms with Gasteiger partial charge in [-0.3, -0.25) is 0 Å². The molecule has 1 aromatic carbocycles. The van der Waals surface area contributed by atoms with Gasteiger partial charge in [-0.15, -0.1) is 11.3 Å². The van der Waals surface area contributed by atoms with Gasteiger partial charge >= 0.3 is 5.97 Å². The summed E-state index contributed by atoms with van der Waals surface area (Å²) in [5.41, 5.74) is 1.44. The second-order valence-electron chi connectivity index (χ2n) is 3.31. The topological polar surface area (TPSA) is 50.2 Å². The normalized spacial score (nSPS) is 9.50. The Morgan fingerprint density at radius 3 is 2.39 bits per heavy atom. The minimum Gasteiger partial charge on any atom is -0.477 e. The molecule has 0 aliphatic heterocycles. The van der Waals surface area contributed by atoms with Crippen molar-refractivity contribution in [3.05, 3.63) is 40.2 Å². The zero-order valence-electron chi connectivity index (χ0n) is 10.8. The Morgan fingerprint density at radius 1 is 1.28 bits per heavy atom. The number of carboxylic acids is 1. The predicted octanol–water partition coefficient (Wildman–Crippen LogP) is 4.10. The number of carbonyl (C=O) groups is 1. The Kier molecular flexibility index (Phi) is 5.52. The van der Waals surface area contributed by atoms with Crippen LogP contribution in [0.1, 0.15) is 35.5 Å². The van der Waals surface area contributed by atoms with Crippen molar-refractivity contribution in [1.82, 2.24) is 4.98 Å². The number of hydrogen-bond donors (Lipinski definition) is 1. The van der Waals surface area contributed by atoms with E-state index in [1.54, 1.807) is 0 Å². The number of aromatic nitrogens is 1. The third kappa shape index (κ3) is 3.17. The van der Waals surface area contributed by atoms with Gasteiger partial charge in [-0.1, -0.05) is 51.1 Å². The van der Waals surface area contributed by atoms with E-state index in [2.05, 4.69) is 4.98 Å². The summed E-state index contributed by atoms with van der Waals surface area (Å²) in [7, 11) is 0. The van der Waals surface area contributed by atoms with Gasteiger partial charge in [0.25, 0.3) is 0 Å². The third-order valence-electron chi connectivity index (χ3n) is 2.22. The molecule has 1 aromatic heterocycles. The van der Waals surface area contributed by atoms with E-state index in [0.717, 1.165) is 17.0 Å². The van der Waals surface area contributed by atoms with Crippen LogP contribution in [0, 0.1) is 0 Å². The second-order valence-corrected chi connectivity index (χ2v) is 4.39. The molecule has 0 unspecified atom stereocenters. The lowest BCUT2D eigenvalue weighted by Crippen LogP contribution is -1.95. The largest absolute Gasteiger partial charge is 0.477 e. The van der Waals surface area contributed by atoms with Crippen LogP contribution in [0.15, 0.2) is 30.3 Å². The Morgan fingerprint density at radius 2 is 1.89 bits per heavy atom. The zero-order valence-corrected chi connectivity index (χ0v) is 11.6. The summed E-state index contributed by atoms with van der Waals surface area (Å²) in [6.07, 6.45) is 0.762. The average Bonchev–Trinajstić information content (AvgIpc) is 2.86. The van der Waals surface area contributed by atoms with E-state index in [9.17, 15) is 4.79 Å². The van der Waals surface area contributed by atoms with E-state index in [4.69, 9.17) is 5.11 Å². The second kappa shape index (κ2) is 6.91. The monoisotopic (exact) mass is 263 g/mol. The van der Waals surface area contributed by atoms with Crippen LogP contribution in [0.5, 0.6) is 0 Å². The van der Waals surface area contributed by atoms with Gasteiger partial charge in [0.1, 0.15) is 4.88 Å². The molecule has 0 radical (unpaired) electrons. The van der Waals surface area contributed by atoms with Crippen LogP contribution in [-0.2, 0) is 6.42 Å². The summed E-state index contributed by atoms with van der Waals surface area (Å²) >= 11 is 1.25. The molecule has 0 saturated heterocycles. The molecule has 0 atom stereocenters. The van der Waals surface area contributed by atoms with Crippen molar-refractivity contribution in [2.24, 2.45) is 0 Å². The number of nitrogens with zero attached hydrogens (tertiary/aromatic N) is 1. The van der Waals surface area contributed by atoms with E-state index in [1.165, 1.54) is 11.3 Å². The van der Waals surface area contributed by atoms with Gasteiger partial charge in [-0.2, -0.15) is 0 Å². The Hall–Kier alpha value is -1.68. The minimum absolute atomic E-state index is 0.322. The van der Waals surface area contributed by atoms with Crippen LogP contribution in [-0.4, -0.2) is 16.1 Å². The lowest BCUT2D eigenvalue weighted by Gasteiger charge is -1.97. The van der Waals surface area contributed by atoms with Gasteiger partial charge in [-0.25, -0.2) is 9.78 Å². The maximum absolute atomic E-state index is 11.1. The van der Waals surface area contributed by atoms with Gasteiger partial charge in [0.15, 0.2) is 0 Å². The predicted molar refractivity (Wildman–Crippen MR) is 75.2 cm³/mol. The molecule has 0 fully saturated rings. The van der Waals surface area contributed by atoms with Gasteiger partial charge in [-0.05, 0) is 6.42 Å². The fourth-order valence-electron chi connectivity index (χ4n) is 1.45. The molecule has 0 bridgehead atoms. The molecular formula is C14H17NO2S. The van der Waals surface area contributed by atoms with Gasteiger partial charge < -0.3 is 5.11 Å². The van der Waals surface area contributed by atoms with Crippen LogP contribution in [0.4, 0.5) is 0 Å². The minimum atomic E-state index is -0.906. The van der Waals surface area contributed by atoms with Crippen LogP contribution in [0.3, 0.4) is 0 Å². The SMILES string of the molecule is CC.CCc1nc(-c2ccccc2)c(C(=O)O)s1. The molecule has 0 amide bonds. The molecule has 1 heterocycles. The fraction of sp³-hybridized carbons (Fsp3) is 0.286. The molecule has 2 rings (SSSR count). The van der Waals surface area contributed by atoms with Crippen LogP contribution in [0.2, 0.25) is 0 Å². The van der Waals surface area contributed by atoms with Gasteiger partial charge in [0.2, 0.25) is 0 Å². The molecule has 2 aromatic rings. The van der Waals surface area contributed by atoms with E-state index >= 15 is 0 Å². The lowest BCUT2D eigenvalue weighted by molar-refractivity contribution is 0.0702. The molecule has 96 valence electrons. The van der Waals surface area contributed by atoms with Gasteiger partial charge in [0.05, 0.1) is 10.7 Å². The Bertz CT molecular complexity index is 506. The summed E-state index contributed by atoms with van der Waals surface area (Å²) < 4.78 is 0. The van der Waals surface area contributed by atoms with E-state index in [-0.39, 0.29) is 0 Å². The molecule has 0 saturated carbocycles. The van der Waals surface area contributed by atoms with Crippen molar-refractivity contribution >= 4 is 17.3 Å². The lowest BCUT2D eigenvalue weighted by atomic mass is 10.1. The molecule has 1 N–H and O–H groups in total. The zero-order chi connectivity index (χ0) is 13.5. The molecule has 0 spiro atoms. The first kappa shape index (κ1) is 14.4. The molecule has 3 nitrogen and oxygen atoms in total. The van der Waals surface area contributed by atoms with Crippen molar-refractivity contribution in [2.75, 3.05) is 0 Å². The summed E-state index contributed by atoms with van der Waals surface area (Å²) in [6, 6.07) is 9.41. The van der Waals surface area contributed by atoms with E-state index < -0.39 is 5.97 Å². The number of hydrogen-bond acceptors (Lipinski definition) is 3. The highest BCUT2D eigenvalue weighted by molar-refractivity contribution is 7.14. The molecule has 4 heteroatoms. The number of thiazole rings is 1. The highest BCUT2D eigenvalue weighted by atomic mass is 32.1. The fourth-order valence-corrected chi connectivity index (χ4v) is 2.32. The Balaban J connectivity index is 0.000000771. The summed E-state index contributed by atoms with van der Waals surface area (Å²) in [6.45, 7) is 5.97. The number of benzene rings is 1. The van der Waals surface area contributed by atoms with Crippen molar-refractivity contribution < 1.29 is 9.90 Å². The molecule has 18 heavy (non-hydrogen) atoms. The van der Waals surface area contributed by atoms with E-state index in [0.29, 0.717) is 10.6 Å². The number of rotatable bonds is 3. The summed E-state index contributed by atoms with van der Waals surface area (Å²) in [5, 5.41) is 9.96. The smallest absolute Gasteiger partial charge is 0.348 e. The highest BCUT2D eigenvalue weighted by Gasteiger charge is 2.17. The van der Waals surface area contributed by atoms with Crippen molar-refractivity contribution in [3.63, 3.8) is 0 Å². The first-order valence-corrected chi connectivity index (χ1v) is 6.82. The number of aromatic carboxylic acids is 1. The van der Waals surface area contributed by atoms with Crippen LogP contribution < -0.4 is 0 Å². The maximum atomic E-state index is 11.1. The highest BCUT2D eigenvalue weighted by Crippen LogP contribution is 2.28. The first-order valence-electron chi connectivity index (χ1n) is 6.00. The number of aryl methyl sites for hydroxylation is 1. The Labute approximate surface area is 111 Å². The van der Waals surface area contributed by atoms with Gasteiger partial charge in [0, 0.05) is 5.56 Å². The van der Waals surface area contributed by atoms with Crippen molar-refractivity contribution in [2.45, 2.75) is 27.2 Å². The molecule has 0 aliphatic rings. The van der Waals surface area contributed by atoms with E-state index in [1.807, 2.05) is 51.1 Å². The third-order valence-corrected chi connectivity index (χ3v) is 3.40. The average molecular weight is 263 g/mol. The van der Waals surface area contributed by atoms with Crippen molar-refractivity contribution in [3.8, 4) is 11.3 Å². The summed E-state index contributed by atoms with van der Waals surface area (Å²) in [4.78, 5) is 15.8.